The molecule has 3 saturated carbocycles. The van der Waals surface area contributed by atoms with Crippen LogP contribution in [-0.2, 0) is 10.2 Å². The van der Waals surface area contributed by atoms with Gasteiger partial charge in [-0.15, -0.1) is 0 Å². The quantitative estimate of drug-likeness (QED) is 0.828. The van der Waals surface area contributed by atoms with Crippen molar-refractivity contribution >= 4 is 11.8 Å². The standard InChI is InChI=1S/C21H24F2N2O3/c1-20(28)6-12(7-20)24-16(26)9-25-10-21(8-15(21)22)17-14(19(25)27)5-4-13(18(17)23)11-2-3-11/h4-5,11-12,15,28H,2-3,6-10H2,1H3,(H,24,26)/t12?,15-,20?,21?/m1/s1. The molecule has 1 aromatic carbocycles. The van der Waals surface area contributed by atoms with Crippen molar-refractivity contribution < 1.29 is 23.5 Å². The molecule has 3 fully saturated rings. The first-order chi connectivity index (χ1) is 13.2. The molecule has 28 heavy (non-hydrogen) atoms. The number of nitrogens with one attached hydrogen (secondary N) is 1. The Morgan fingerprint density at radius 2 is 2.00 bits per heavy atom. The molecule has 2 atom stereocenters. The summed E-state index contributed by atoms with van der Waals surface area (Å²) < 4.78 is 29.6. The molecule has 0 bridgehead atoms. The Balaban J connectivity index is 1.37. The molecule has 5 nitrogen and oxygen atoms in total. The molecule has 1 heterocycles. The number of hydrogen-bond acceptors (Lipinski definition) is 3. The van der Waals surface area contributed by atoms with Gasteiger partial charge in [0.25, 0.3) is 5.91 Å². The Labute approximate surface area is 162 Å². The van der Waals surface area contributed by atoms with E-state index in [4.69, 9.17) is 0 Å². The number of hydrogen-bond donors (Lipinski definition) is 2. The number of aliphatic hydroxyl groups is 1. The molecule has 5 rings (SSSR count). The van der Waals surface area contributed by atoms with Gasteiger partial charge in [-0.3, -0.25) is 9.59 Å². The predicted octanol–water partition coefficient (Wildman–Crippen LogP) is 2.17. The van der Waals surface area contributed by atoms with Crippen LogP contribution in [0, 0.1) is 5.82 Å². The molecule has 0 saturated heterocycles. The number of amides is 2. The summed E-state index contributed by atoms with van der Waals surface area (Å²) >= 11 is 0. The van der Waals surface area contributed by atoms with Crippen molar-refractivity contribution in [2.75, 3.05) is 13.1 Å². The van der Waals surface area contributed by atoms with E-state index < -0.39 is 28.9 Å². The number of rotatable bonds is 4. The topological polar surface area (TPSA) is 69.6 Å². The van der Waals surface area contributed by atoms with Crippen LogP contribution in [0.4, 0.5) is 8.78 Å². The van der Waals surface area contributed by atoms with E-state index >= 15 is 4.39 Å². The molecule has 0 radical (unpaired) electrons. The zero-order chi connectivity index (χ0) is 19.8. The summed E-state index contributed by atoms with van der Waals surface area (Å²) in [4.78, 5) is 26.6. The number of benzene rings is 1. The maximum Gasteiger partial charge on any atom is 0.254 e. The third-order valence-electron chi connectivity index (χ3n) is 6.73. The van der Waals surface area contributed by atoms with Crippen LogP contribution in [-0.4, -0.2) is 52.7 Å². The number of nitrogens with zero attached hydrogens (tertiary/aromatic N) is 1. The maximum absolute atomic E-state index is 15.2. The van der Waals surface area contributed by atoms with Gasteiger partial charge in [0.05, 0.1) is 17.6 Å². The van der Waals surface area contributed by atoms with E-state index in [9.17, 15) is 19.1 Å². The van der Waals surface area contributed by atoms with Gasteiger partial charge >= 0.3 is 0 Å². The lowest BCUT2D eigenvalue weighted by atomic mass is 9.77. The van der Waals surface area contributed by atoms with E-state index in [1.807, 2.05) is 0 Å². The monoisotopic (exact) mass is 390 g/mol. The van der Waals surface area contributed by atoms with Gasteiger partial charge in [0.2, 0.25) is 5.91 Å². The number of carbonyl (C=O) groups is 2. The van der Waals surface area contributed by atoms with Gasteiger partial charge < -0.3 is 15.3 Å². The van der Waals surface area contributed by atoms with Gasteiger partial charge in [0.1, 0.15) is 12.0 Å². The number of fused-ring (bicyclic) bond motifs is 2. The highest BCUT2D eigenvalue weighted by Crippen LogP contribution is 2.56. The minimum absolute atomic E-state index is 0.0286. The summed E-state index contributed by atoms with van der Waals surface area (Å²) in [7, 11) is 0. The molecule has 1 aromatic rings. The highest BCUT2D eigenvalue weighted by Gasteiger charge is 2.62. The third-order valence-corrected chi connectivity index (χ3v) is 6.73. The second-order valence-electron chi connectivity index (χ2n) is 9.32. The van der Waals surface area contributed by atoms with Gasteiger partial charge in [-0.2, -0.15) is 0 Å². The van der Waals surface area contributed by atoms with E-state index in [0.29, 0.717) is 18.4 Å². The fraction of sp³-hybridized carbons (Fsp3) is 0.619. The minimum Gasteiger partial charge on any atom is -0.390 e. The minimum atomic E-state index is -1.20. The van der Waals surface area contributed by atoms with Crippen LogP contribution in [0.1, 0.15) is 66.4 Å². The van der Waals surface area contributed by atoms with E-state index in [1.165, 1.54) is 4.90 Å². The SMILES string of the molecule is CC1(O)CC(NC(=O)CN2CC3(C[C@H]3F)c3c(ccc(C4CC4)c3F)C2=O)C1. The van der Waals surface area contributed by atoms with Crippen LogP contribution in [0.3, 0.4) is 0 Å². The Hall–Kier alpha value is -2.02. The van der Waals surface area contributed by atoms with Gasteiger partial charge in [0.15, 0.2) is 0 Å². The van der Waals surface area contributed by atoms with E-state index in [2.05, 4.69) is 5.32 Å². The zero-order valence-corrected chi connectivity index (χ0v) is 15.8. The first-order valence-electron chi connectivity index (χ1n) is 9.98. The lowest BCUT2D eigenvalue weighted by Gasteiger charge is -2.41. The Kier molecular flexibility index (Phi) is 3.70. The van der Waals surface area contributed by atoms with Crippen LogP contribution in [0.5, 0.6) is 0 Å². The highest BCUT2D eigenvalue weighted by atomic mass is 19.1. The van der Waals surface area contributed by atoms with Crippen LogP contribution >= 0.6 is 0 Å². The molecule has 2 amide bonds. The van der Waals surface area contributed by atoms with Crippen molar-refractivity contribution in [2.24, 2.45) is 0 Å². The van der Waals surface area contributed by atoms with Crippen molar-refractivity contribution in [1.82, 2.24) is 10.2 Å². The molecular formula is C21H24F2N2O3. The third kappa shape index (κ3) is 2.74. The lowest BCUT2D eigenvalue weighted by molar-refractivity contribution is -0.125. The van der Waals surface area contributed by atoms with Crippen molar-refractivity contribution in [1.29, 1.82) is 0 Å². The smallest absolute Gasteiger partial charge is 0.254 e. The second kappa shape index (κ2) is 5.75. The van der Waals surface area contributed by atoms with Gasteiger partial charge in [0, 0.05) is 23.7 Å². The van der Waals surface area contributed by atoms with E-state index in [-0.39, 0.29) is 48.5 Å². The molecule has 7 heteroatoms. The van der Waals surface area contributed by atoms with Crippen LogP contribution in [0.15, 0.2) is 12.1 Å². The first-order valence-corrected chi connectivity index (χ1v) is 9.98. The van der Waals surface area contributed by atoms with Crippen molar-refractivity contribution in [2.45, 2.75) is 68.2 Å². The molecule has 1 spiro atoms. The molecule has 1 aliphatic heterocycles. The normalized spacial score (nSPS) is 36.1. The van der Waals surface area contributed by atoms with Crippen LogP contribution in [0.25, 0.3) is 0 Å². The summed E-state index contributed by atoms with van der Waals surface area (Å²) in [5.74, 6) is -0.998. The highest BCUT2D eigenvalue weighted by molar-refractivity contribution is 6.00. The summed E-state index contributed by atoms with van der Waals surface area (Å²) in [6.45, 7) is 1.56. The molecule has 2 N–H and O–H groups in total. The molecule has 0 aromatic heterocycles. The first kappa shape index (κ1) is 18.0. The Morgan fingerprint density at radius 1 is 1.32 bits per heavy atom. The summed E-state index contributed by atoms with van der Waals surface area (Å²) in [6.07, 6.45) is 1.78. The molecular weight excluding hydrogens is 366 g/mol. The van der Waals surface area contributed by atoms with Gasteiger partial charge in [-0.05, 0) is 56.6 Å². The second-order valence-corrected chi connectivity index (χ2v) is 9.32. The summed E-state index contributed by atoms with van der Waals surface area (Å²) in [6, 6.07) is 3.14. The van der Waals surface area contributed by atoms with E-state index in [1.54, 1.807) is 19.1 Å². The summed E-state index contributed by atoms with van der Waals surface area (Å²) in [5.41, 5.74) is -0.769. The van der Waals surface area contributed by atoms with Crippen molar-refractivity contribution in [3.8, 4) is 0 Å². The zero-order valence-electron chi connectivity index (χ0n) is 15.8. The molecule has 150 valence electrons. The van der Waals surface area contributed by atoms with Crippen LogP contribution < -0.4 is 5.32 Å². The molecule has 1 unspecified atom stereocenters. The Morgan fingerprint density at radius 3 is 2.57 bits per heavy atom. The van der Waals surface area contributed by atoms with Gasteiger partial charge in [-0.25, -0.2) is 8.78 Å². The predicted molar refractivity (Wildman–Crippen MR) is 97.3 cm³/mol. The molecule has 3 aliphatic carbocycles. The molecule has 4 aliphatic rings. The number of halogens is 2. The van der Waals surface area contributed by atoms with Crippen LogP contribution in [0.2, 0.25) is 0 Å². The lowest BCUT2D eigenvalue weighted by Crippen LogP contribution is -2.56. The maximum atomic E-state index is 15.2. The van der Waals surface area contributed by atoms with E-state index in [0.717, 1.165) is 12.8 Å². The average molecular weight is 390 g/mol. The average Bonchev–Trinajstić information content (AvgIpc) is 3.49. The van der Waals surface area contributed by atoms with Crippen molar-refractivity contribution in [3.05, 3.63) is 34.6 Å². The largest absolute Gasteiger partial charge is 0.390 e. The number of carbonyl (C=O) groups excluding carboxylic acids is 2. The Bertz CT molecular complexity index is 875. The fourth-order valence-electron chi connectivity index (χ4n) is 4.99. The van der Waals surface area contributed by atoms with Crippen molar-refractivity contribution in [3.63, 3.8) is 0 Å². The summed E-state index contributed by atoms with van der Waals surface area (Å²) in [5, 5.41) is 12.6. The number of alkyl halides is 1. The van der Waals surface area contributed by atoms with Gasteiger partial charge in [-0.1, -0.05) is 6.07 Å². The fourth-order valence-corrected chi connectivity index (χ4v) is 4.99.